The lowest BCUT2D eigenvalue weighted by Gasteiger charge is -2.23. The molecule has 0 aliphatic rings. The molecule has 0 spiro atoms. The maximum Gasteiger partial charge on any atom is 0.240 e. The Hall–Kier alpha value is -2.29. The van der Waals surface area contributed by atoms with Gasteiger partial charge in [-0.25, -0.2) is 13.1 Å². The van der Waals surface area contributed by atoms with Crippen molar-refractivity contribution >= 4 is 27.6 Å². The predicted octanol–water partition coefficient (Wildman–Crippen LogP) is 2.33. The van der Waals surface area contributed by atoms with Crippen LogP contribution in [0.25, 0.3) is 0 Å². The molecule has 152 valence electrons. The molecule has 2 rings (SSSR count). The Labute approximate surface area is 171 Å². The van der Waals surface area contributed by atoms with Crippen LogP contribution in [0.15, 0.2) is 58.4 Å². The molecule has 9 heteroatoms. The smallest absolute Gasteiger partial charge is 0.240 e. The number of nitrogens with one attached hydrogen (secondary N) is 2. The van der Waals surface area contributed by atoms with Crippen molar-refractivity contribution in [3.05, 3.63) is 59.1 Å². The number of rotatable bonds is 8. The first-order chi connectivity index (χ1) is 13.4. The van der Waals surface area contributed by atoms with Gasteiger partial charge in [-0.05, 0) is 24.3 Å². The van der Waals surface area contributed by atoms with E-state index in [1.165, 1.54) is 12.1 Å². The number of para-hydroxylation sites is 1. The van der Waals surface area contributed by atoms with Gasteiger partial charge in [0.15, 0.2) is 5.96 Å². The van der Waals surface area contributed by atoms with E-state index in [4.69, 9.17) is 16.3 Å². The molecule has 0 radical (unpaired) electrons. The van der Waals surface area contributed by atoms with Gasteiger partial charge >= 0.3 is 0 Å². The fourth-order valence-electron chi connectivity index (χ4n) is 2.63. The number of aliphatic imine (C=N–C) groups is 1. The van der Waals surface area contributed by atoms with Gasteiger partial charge in [-0.3, -0.25) is 4.99 Å². The van der Waals surface area contributed by atoms with E-state index in [0.29, 0.717) is 24.1 Å². The SMILES string of the molecule is CN=C(NCCNS(=O)(=O)c1cccc(Cl)c1)N(C)Cc1ccccc1OC. The average molecular weight is 425 g/mol. The highest BCUT2D eigenvalue weighted by molar-refractivity contribution is 7.89. The molecule has 28 heavy (non-hydrogen) atoms. The lowest BCUT2D eigenvalue weighted by Crippen LogP contribution is -2.42. The molecule has 0 fully saturated rings. The zero-order chi connectivity index (χ0) is 20.6. The maximum absolute atomic E-state index is 12.3. The topological polar surface area (TPSA) is 83.0 Å². The van der Waals surface area contributed by atoms with Crippen molar-refractivity contribution in [2.75, 3.05) is 34.3 Å². The number of halogens is 1. The number of benzene rings is 2. The van der Waals surface area contributed by atoms with Crippen LogP contribution in [0.1, 0.15) is 5.56 Å². The second-order valence-electron chi connectivity index (χ2n) is 6.00. The van der Waals surface area contributed by atoms with Gasteiger partial charge in [0, 0.05) is 44.3 Å². The van der Waals surface area contributed by atoms with Crippen LogP contribution in [0.3, 0.4) is 0 Å². The summed E-state index contributed by atoms with van der Waals surface area (Å²) in [7, 11) is 1.61. The number of guanidine groups is 1. The van der Waals surface area contributed by atoms with E-state index in [-0.39, 0.29) is 11.4 Å². The largest absolute Gasteiger partial charge is 0.496 e. The molecule has 0 unspecified atom stereocenters. The van der Waals surface area contributed by atoms with Crippen LogP contribution in [0.4, 0.5) is 0 Å². The molecular formula is C19H25ClN4O3S. The molecule has 0 amide bonds. The summed E-state index contributed by atoms with van der Waals surface area (Å²) in [5.41, 5.74) is 1.03. The lowest BCUT2D eigenvalue weighted by molar-refractivity contribution is 0.396. The second-order valence-corrected chi connectivity index (χ2v) is 8.20. The van der Waals surface area contributed by atoms with Crippen molar-refractivity contribution in [3.8, 4) is 5.75 Å². The number of methoxy groups -OCH3 is 1. The van der Waals surface area contributed by atoms with Crippen LogP contribution < -0.4 is 14.8 Å². The molecular weight excluding hydrogens is 400 g/mol. The van der Waals surface area contributed by atoms with E-state index in [1.54, 1.807) is 26.3 Å². The first-order valence-corrected chi connectivity index (χ1v) is 10.5. The van der Waals surface area contributed by atoms with Crippen molar-refractivity contribution in [2.24, 2.45) is 4.99 Å². The number of hydrogen-bond donors (Lipinski definition) is 2. The molecule has 0 heterocycles. The van der Waals surface area contributed by atoms with E-state index < -0.39 is 10.0 Å². The summed E-state index contributed by atoms with van der Waals surface area (Å²) in [4.78, 5) is 6.31. The Balaban J connectivity index is 1.88. The Morgan fingerprint density at radius 3 is 2.61 bits per heavy atom. The van der Waals surface area contributed by atoms with Crippen molar-refractivity contribution < 1.29 is 13.2 Å². The lowest BCUT2D eigenvalue weighted by atomic mass is 10.2. The number of sulfonamides is 1. The van der Waals surface area contributed by atoms with Crippen LogP contribution in [-0.4, -0.2) is 53.6 Å². The third-order valence-electron chi connectivity index (χ3n) is 3.98. The maximum atomic E-state index is 12.3. The van der Waals surface area contributed by atoms with Crippen molar-refractivity contribution in [3.63, 3.8) is 0 Å². The van der Waals surface area contributed by atoms with Crippen LogP contribution in [0, 0.1) is 0 Å². The first kappa shape index (κ1) is 22.0. The van der Waals surface area contributed by atoms with Crippen LogP contribution >= 0.6 is 11.6 Å². The minimum Gasteiger partial charge on any atom is -0.496 e. The Morgan fingerprint density at radius 1 is 1.18 bits per heavy atom. The van der Waals surface area contributed by atoms with E-state index in [0.717, 1.165) is 11.3 Å². The van der Waals surface area contributed by atoms with Crippen molar-refractivity contribution in [1.82, 2.24) is 14.9 Å². The Kier molecular flexibility index (Phi) is 8.10. The number of hydrogen-bond acceptors (Lipinski definition) is 4. The molecule has 0 bridgehead atoms. The highest BCUT2D eigenvalue weighted by Crippen LogP contribution is 2.18. The molecule has 0 aliphatic heterocycles. The first-order valence-electron chi connectivity index (χ1n) is 8.66. The van der Waals surface area contributed by atoms with Crippen molar-refractivity contribution in [1.29, 1.82) is 0 Å². The summed E-state index contributed by atoms with van der Waals surface area (Å²) >= 11 is 5.86. The molecule has 0 aromatic heterocycles. The van der Waals surface area contributed by atoms with Gasteiger partial charge in [-0.15, -0.1) is 0 Å². The van der Waals surface area contributed by atoms with Gasteiger partial charge in [0.05, 0.1) is 12.0 Å². The highest BCUT2D eigenvalue weighted by atomic mass is 35.5. The van der Waals surface area contributed by atoms with Gasteiger partial charge in [0.2, 0.25) is 10.0 Å². The van der Waals surface area contributed by atoms with E-state index in [1.807, 2.05) is 36.2 Å². The fraction of sp³-hybridized carbons (Fsp3) is 0.316. The fourth-order valence-corrected chi connectivity index (χ4v) is 3.96. The zero-order valence-corrected chi connectivity index (χ0v) is 17.7. The highest BCUT2D eigenvalue weighted by Gasteiger charge is 2.14. The Morgan fingerprint density at radius 2 is 1.93 bits per heavy atom. The van der Waals surface area contributed by atoms with Crippen LogP contribution in [0.5, 0.6) is 5.75 Å². The van der Waals surface area contributed by atoms with Gasteiger partial charge < -0.3 is 15.0 Å². The molecule has 2 aromatic carbocycles. The summed E-state index contributed by atoms with van der Waals surface area (Å²) in [6, 6.07) is 13.9. The molecule has 0 aliphatic carbocycles. The van der Waals surface area contributed by atoms with Gasteiger partial charge in [-0.2, -0.15) is 0 Å². The normalized spacial score (nSPS) is 11.9. The van der Waals surface area contributed by atoms with Gasteiger partial charge in [0.25, 0.3) is 0 Å². The van der Waals surface area contributed by atoms with Gasteiger partial charge in [-0.1, -0.05) is 35.9 Å². The zero-order valence-electron chi connectivity index (χ0n) is 16.1. The average Bonchev–Trinajstić information content (AvgIpc) is 2.68. The molecule has 7 nitrogen and oxygen atoms in total. The molecule has 0 atom stereocenters. The molecule has 2 N–H and O–H groups in total. The number of ether oxygens (including phenoxy) is 1. The predicted molar refractivity (Wildman–Crippen MR) is 112 cm³/mol. The third-order valence-corrected chi connectivity index (χ3v) is 5.67. The summed E-state index contributed by atoms with van der Waals surface area (Å²) in [5.74, 6) is 1.45. The quantitative estimate of drug-likeness (QED) is 0.386. The van der Waals surface area contributed by atoms with E-state index in [2.05, 4.69) is 15.0 Å². The molecule has 0 saturated heterocycles. The van der Waals surface area contributed by atoms with Crippen LogP contribution in [-0.2, 0) is 16.6 Å². The van der Waals surface area contributed by atoms with E-state index >= 15 is 0 Å². The summed E-state index contributed by atoms with van der Waals surface area (Å²) < 4.78 is 32.5. The Bertz CT molecular complexity index is 919. The van der Waals surface area contributed by atoms with E-state index in [9.17, 15) is 8.42 Å². The summed E-state index contributed by atoms with van der Waals surface area (Å²) in [5, 5.41) is 3.52. The standard InChI is InChI=1S/C19H25ClN4O3S/c1-21-19(24(2)14-15-7-4-5-10-18(15)27-3)22-11-12-23-28(25,26)17-9-6-8-16(20)13-17/h4-10,13,23H,11-12,14H2,1-3H3,(H,21,22). The molecule has 2 aromatic rings. The second kappa shape index (κ2) is 10.3. The third kappa shape index (κ3) is 6.12. The number of nitrogens with zero attached hydrogens (tertiary/aromatic N) is 2. The van der Waals surface area contributed by atoms with Crippen molar-refractivity contribution in [2.45, 2.75) is 11.4 Å². The summed E-state index contributed by atoms with van der Waals surface area (Å²) in [6.45, 7) is 1.18. The van der Waals surface area contributed by atoms with Crippen LogP contribution in [0.2, 0.25) is 5.02 Å². The van der Waals surface area contributed by atoms with Gasteiger partial charge in [0.1, 0.15) is 5.75 Å². The monoisotopic (exact) mass is 424 g/mol. The molecule has 0 saturated carbocycles. The minimum atomic E-state index is -3.61. The minimum absolute atomic E-state index is 0.137. The summed E-state index contributed by atoms with van der Waals surface area (Å²) in [6.07, 6.45) is 0.